The van der Waals surface area contributed by atoms with Gasteiger partial charge in [-0.15, -0.1) is 0 Å². The number of carbonyl (C=O) groups excluding carboxylic acids is 1. The minimum Gasteiger partial charge on any atom is -0.494 e. The number of aromatic nitrogens is 1. The molecule has 0 bridgehead atoms. The van der Waals surface area contributed by atoms with Gasteiger partial charge in [-0.1, -0.05) is 48.6 Å². The van der Waals surface area contributed by atoms with E-state index >= 15 is 0 Å². The van der Waals surface area contributed by atoms with Crippen LogP contribution in [0.2, 0.25) is 0 Å². The molecule has 4 rings (SSSR count). The zero-order valence-electron chi connectivity index (χ0n) is 20.3. The Bertz CT molecular complexity index is 1060. The van der Waals surface area contributed by atoms with E-state index in [0.29, 0.717) is 6.61 Å². The SMILES string of the molecule is CCOc1ccc2nc(N3CCC[C@@H](C(=O)NCCCN(CC)Cc4ccccc4)C3)sc2c1. The smallest absolute Gasteiger partial charge is 0.224 e. The van der Waals surface area contributed by atoms with Crippen molar-refractivity contribution >= 4 is 32.6 Å². The summed E-state index contributed by atoms with van der Waals surface area (Å²) in [7, 11) is 0. The molecule has 2 aromatic carbocycles. The van der Waals surface area contributed by atoms with Crippen LogP contribution in [0.15, 0.2) is 48.5 Å². The van der Waals surface area contributed by atoms with Gasteiger partial charge in [-0.25, -0.2) is 4.98 Å². The van der Waals surface area contributed by atoms with E-state index in [1.165, 1.54) is 5.56 Å². The second-order valence-corrected chi connectivity index (χ2v) is 9.85. The second-order valence-electron chi connectivity index (χ2n) is 8.84. The summed E-state index contributed by atoms with van der Waals surface area (Å²) in [5.41, 5.74) is 2.32. The third-order valence-corrected chi connectivity index (χ3v) is 7.45. The fourth-order valence-electron chi connectivity index (χ4n) is 4.50. The molecule has 0 radical (unpaired) electrons. The summed E-state index contributed by atoms with van der Waals surface area (Å²) in [5, 5.41) is 4.19. The Labute approximate surface area is 206 Å². The van der Waals surface area contributed by atoms with Crippen molar-refractivity contribution in [2.24, 2.45) is 5.92 Å². The number of hydrogen-bond donors (Lipinski definition) is 1. The third kappa shape index (κ3) is 6.48. The van der Waals surface area contributed by atoms with Gasteiger partial charge >= 0.3 is 0 Å². The van der Waals surface area contributed by atoms with Crippen LogP contribution in [-0.4, -0.2) is 55.1 Å². The molecule has 1 saturated heterocycles. The number of amides is 1. The highest BCUT2D eigenvalue weighted by atomic mass is 32.1. The van der Waals surface area contributed by atoms with Crippen molar-refractivity contribution in [3.8, 4) is 5.75 Å². The van der Waals surface area contributed by atoms with Gasteiger partial charge in [-0.3, -0.25) is 9.69 Å². The van der Waals surface area contributed by atoms with Crippen molar-refractivity contribution in [3.05, 3.63) is 54.1 Å². The molecule has 34 heavy (non-hydrogen) atoms. The molecule has 3 aromatic rings. The molecule has 6 nitrogen and oxygen atoms in total. The molecule has 2 heterocycles. The van der Waals surface area contributed by atoms with E-state index in [4.69, 9.17) is 9.72 Å². The highest BCUT2D eigenvalue weighted by Crippen LogP contribution is 2.33. The predicted molar refractivity (Wildman–Crippen MR) is 141 cm³/mol. The van der Waals surface area contributed by atoms with Crippen LogP contribution in [0.5, 0.6) is 5.75 Å². The molecule has 1 N–H and O–H groups in total. The van der Waals surface area contributed by atoms with Gasteiger partial charge in [0.2, 0.25) is 5.91 Å². The average molecular weight is 481 g/mol. The van der Waals surface area contributed by atoms with Gasteiger partial charge in [0.15, 0.2) is 5.13 Å². The zero-order chi connectivity index (χ0) is 23.8. The van der Waals surface area contributed by atoms with E-state index in [1.807, 2.05) is 19.1 Å². The van der Waals surface area contributed by atoms with Crippen molar-refractivity contribution in [2.75, 3.05) is 44.2 Å². The van der Waals surface area contributed by atoms with Gasteiger partial charge < -0.3 is 15.0 Å². The topological polar surface area (TPSA) is 57.7 Å². The standard InChI is InChI=1S/C27H36N4O2S/c1-3-30(19-21-10-6-5-7-11-21)16-9-15-28-26(32)22-12-8-17-31(20-22)27-29-24-14-13-23(33-4-2)18-25(24)34-27/h5-7,10-11,13-14,18,22H,3-4,8-9,12,15-17,19-20H2,1-2H3,(H,28,32)/t22-/m1/s1. The lowest BCUT2D eigenvalue weighted by Crippen LogP contribution is -2.43. The zero-order valence-corrected chi connectivity index (χ0v) is 21.2. The van der Waals surface area contributed by atoms with Gasteiger partial charge in [-0.2, -0.15) is 0 Å². The van der Waals surface area contributed by atoms with Crippen LogP contribution in [0.25, 0.3) is 10.2 Å². The van der Waals surface area contributed by atoms with Gasteiger partial charge in [0.05, 0.1) is 22.7 Å². The summed E-state index contributed by atoms with van der Waals surface area (Å²) in [6, 6.07) is 16.6. The maximum Gasteiger partial charge on any atom is 0.224 e. The molecule has 1 fully saturated rings. The summed E-state index contributed by atoms with van der Waals surface area (Å²) in [4.78, 5) is 22.4. The molecular formula is C27H36N4O2S. The number of ether oxygens (including phenoxy) is 1. The van der Waals surface area contributed by atoms with Crippen LogP contribution in [0.1, 0.15) is 38.7 Å². The molecule has 1 aliphatic heterocycles. The number of piperidine rings is 1. The fraction of sp³-hybridized carbons (Fsp3) is 0.481. The molecule has 1 amide bonds. The van der Waals surface area contributed by atoms with Crippen LogP contribution in [0.4, 0.5) is 5.13 Å². The second kappa shape index (κ2) is 12.2. The maximum atomic E-state index is 12.9. The average Bonchev–Trinajstić information content (AvgIpc) is 3.30. The number of thiazole rings is 1. The Morgan fingerprint density at radius 3 is 2.88 bits per heavy atom. The summed E-state index contributed by atoms with van der Waals surface area (Å²) in [6.07, 6.45) is 2.92. The first-order valence-electron chi connectivity index (χ1n) is 12.5. The number of fused-ring (bicyclic) bond motifs is 1. The summed E-state index contributed by atoms with van der Waals surface area (Å²) in [6.45, 7) is 10.2. The number of nitrogens with zero attached hydrogens (tertiary/aromatic N) is 3. The van der Waals surface area contributed by atoms with Crippen molar-refractivity contribution in [1.82, 2.24) is 15.2 Å². The molecule has 0 unspecified atom stereocenters. The van der Waals surface area contributed by atoms with Gasteiger partial charge in [-0.05, 0) is 56.5 Å². The number of hydrogen-bond acceptors (Lipinski definition) is 6. The minimum absolute atomic E-state index is 0.0198. The van der Waals surface area contributed by atoms with Gasteiger partial charge in [0, 0.05) is 32.7 Å². The first-order chi connectivity index (χ1) is 16.7. The van der Waals surface area contributed by atoms with Crippen LogP contribution >= 0.6 is 11.3 Å². The molecule has 1 atom stereocenters. The molecule has 182 valence electrons. The van der Waals surface area contributed by atoms with Crippen LogP contribution < -0.4 is 15.0 Å². The maximum absolute atomic E-state index is 12.9. The third-order valence-electron chi connectivity index (χ3n) is 6.37. The largest absolute Gasteiger partial charge is 0.494 e. The molecule has 1 aromatic heterocycles. The number of rotatable bonds is 11. The highest BCUT2D eigenvalue weighted by molar-refractivity contribution is 7.22. The molecular weight excluding hydrogens is 444 g/mol. The summed E-state index contributed by atoms with van der Waals surface area (Å²) >= 11 is 1.68. The van der Waals surface area contributed by atoms with Gasteiger partial charge in [0.1, 0.15) is 5.75 Å². The number of anilines is 1. The summed E-state index contributed by atoms with van der Waals surface area (Å²) < 4.78 is 6.75. The van der Waals surface area contributed by atoms with E-state index in [9.17, 15) is 4.79 Å². The first-order valence-corrected chi connectivity index (χ1v) is 13.3. The quantitative estimate of drug-likeness (QED) is 0.394. The van der Waals surface area contributed by atoms with Crippen LogP contribution in [0.3, 0.4) is 0 Å². The fourth-order valence-corrected chi connectivity index (χ4v) is 5.53. The Kier molecular flexibility index (Phi) is 8.77. The van der Waals surface area contributed by atoms with Crippen LogP contribution in [-0.2, 0) is 11.3 Å². The predicted octanol–water partition coefficient (Wildman–Crippen LogP) is 4.94. The number of nitrogens with one attached hydrogen (secondary N) is 1. The first kappa shape index (κ1) is 24.5. The summed E-state index contributed by atoms with van der Waals surface area (Å²) in [5.74, 6) is 1.08. The Morgan fingerprint density at radius 1 is 1.24 bits per heavy atom. The molecule has 0 saturated carbocycles. The lowest BCUT2D eigenvalue weighted by molar-refractivity contribution is -0.125. The lowest BCUT2D eigenvalue weighted by atomic mass is 9.97. The number of carbonyl (C=O) groups is 1. The van der Waals surface area contributed by atoms with E-state index in [0.717, 1.165) is 79.6 Å². The van der Waals surface area contributed by atoms with Gasteiger partial charge in [0.25, 0.3) is 0 Å². The number of benzene rings is 2. The van der Waals surface area contributed by atoms with E-state index in [1.54, 1.807) is 11.3 Å². The Balaban J connectivity index is 1.25. The van der Waals surface area contributed by atoms with Crippen LogP contribution in [0, 0.1) is 5.92 Å². The Hall–Kier alpha value is -2.64. The molecule has 0 aliphatic carbocycles. The van der Waals surface area contributed by atoms with E-state index < -0.39 is 0 Å². The minimum atomic E-state index is 0.0198. The monoisotopic (exact) mass is 480 g/mol. The van der Waals surface area contributed by atoms with Crippen molar-refractivity contribution in [1.29, 1.82) is 0 Å². The van der Waals surface area contributed by atoms with E-state index in [2.05, 4.69) is 58.4 Å². The molecule has 7 heteroatoms. The lowest BCUT2D eigenvalue weighted by Gasteiger charge is -2.31. The van der Waals surface area contributed by atoms with Crippen molar-refractivity contribution in [2.45, 2.75) is 39.7 Å². The Morgan fingerprint density at radius 2 is 2.09 bits per heavy atom. The normalized spacial score (nSPS) is 16.2. The van der Waals surface area contributed by atoms with Crippen molar-refractivity contribution in [3.63, 3.8) is 0 Å². The molecule has 1 aliphatic rings. The van der Waals surface area contributed by atoms with Crippen molar-refractivity contribution < 1.29 is 9.53 Å². The van der Waals surface area contributed by atoms with E-state index in [-0.39, 0.29) is 11.8 Å². The highest BCUT2D eigenvalue weighted by Gasteiger charge is 2.27. The molecule has 0 spiro atoms.